The Morgan fingerprint density at radius 2 is 1.90 bits per heavy atom. The number of fused-ring (bicyclic) bond motifs is 1. The SMILES string of the molecule is CCc1ccc(C2Nc3ccccc3C(=O)N2Cc2ccc(OC)cc2OC)s1. The van der Waals surface area contributed by atoms with Crippen LogP contribution in [0.15, 0.2) is 54.6 Å². The van der Waals surface area contributed by atoms with Crippen LogP contribution in [0.4, 0.5) is 5.69 Å². The maximum Gasteiger partial charge on any atom is 0.258 e. The standard InChI is InChI=1S/C23H24N2O3S/c1-4-17-11-12-21(29-17)22-24-19-8-6-5-7-18(19)23(26)25(22)14-15-9-10-16(27-2)13-20(15)28-3/h5-13,22,24H,4,14H2,1-3H3. The van der Waals surface area contributed by atoms with E-state index in [1.165, 1.54) is 4.88 Å². The number of para-hydroxylation sites is 1. The molecule has 1 amide bonds. The van der Waals surface area contributed by atoms with Gasteiger partial charge in [-0.2, -0.15) is 0 Å². The van der Waals surface area contributed by atoms with Crippen molar-refractivity contribution in [2.75, 3.05) is 19.5 Å². The molecule has 0 spiro atoms. The van der Waals surface area contributed by atoms with Crippen LogP contribution < -0.4 is 14.8 Å². The molecule has 0 fully saturated rings. The Morgan fingerprint density at radius 3 is 2.62 bits per heavy atom. The summed E-state index contributed by atoms with van der Waals surface area (Å²) in [5, 5.41) is 3.56. The average molecular weight is 409 g/mol. The van der Waals surface area contributed by atoms with Crippen molar-refractivity contribution in [1.82, 2.24) is 4.90 Å². The Hall–Kier alpha value is -2.99. The van der Waals surface area contributed by atoms with Gasteiger partial charge >= 0.3 is 0 Å². The summed E-state index contributed by atoms with van der Waals surface area (Å²) in [6, 6.07) is 17.6. The lowest BCUT2D eigenvalue weighted by atomic mass is 10.1. The Labute approximate surface area is 174 Å². The van der Waals surface area contributed by atoms with Gasteiger partial charge in [0, 0.05) is 27.1 Å². The van der Waals surface area contributed by atoms with Crippen LogP contribution in [0.1, 0.15) is 38.8 Å². The molecule has 1 aliphatic heterocycles. The van der Waals surface area contributed by atoms with Crippen LogP contribution in [0.2, 0.25) is 0 Å². The molecule has 1 aromatic heterocycles. The zero-order chi connectivity index (χ0) is 20.4. The third-order valence-electron chi connectivity index (χ3n) is 5.16. The van der Waals surface area contributed by atoms with E-state index in [9.17, 15) is 4.79 Å². The normalized spacial score (nSPS) is 15.6. The van der Waals surface area contributed by atoms with E-state index in [1.807, 2.05) is 47.4 Å². The average Bonchev–Trinajstić information content (AvgIpc) is 3.25. The summed E-state index contributed by atoms with van der Waals surface area (Å²) in [4.78, 5) is 17.7. The molecule has 150 valence electrons. The first-order valence-corrected chi connectivity index (χ1v) is 10.4. The van der Waals surface area contributed by atoms with Crippen molar-refractivity contribution >= 4 is 22.9 Å². The molecule has 1 aliphatic rings. The van der Waals surface area contributed by atoms with Gasteiger partial charge in [-0.25, -0.2) is 0 Å². The van der Waals surface area contributed by atoms with Gasteiger partial charge < -0.3 is 19.7 Å². The predicted molar refractivity (Wildman–Crippen MR) is 116 cm³/mol. The van der Waals surface area contributed by atoms with Crippen LogP contribution in [-0.4, -0.2) is 25.0 Å². The maximum absolute atomic E-state index is 13.4. The van der Waals surface area contributed by atoms with E-state index in [0.717, 1.165) is 28.3 Å². The number of methoxy groups -OCH3 is 2. The van der Waals surface area contributed by atoms with Gasteiger partial charge in [0.25, 0.3) is 5.91 Å². The molecule has 29 heavy (non-hydrogen) atoms. The molecule has 2 aromatic carbocycles. The van der Waals surface area contributed by atoms with Gasteiger partial charge in [-0.05, 0) is 42.8 Å². The zero-order valence-corrected chi connectivity index (χ0v) is 17.6. The number of benzene rings is 2. The summed E-state index contributed by atoms with van der Waals surface area (Å²) >= 11 is 1.74. The van der Waals surface area contributed by atoms with E-state index < -0.39 is 0 Å². The maximum atomic E-state index is 13.4. The quantitative estimate of drug-likeness (QED) is 0.617. The zero-order valence-electron chi connectivity index (χ0n) is 16.8. The lowest BCUT2D eigenvalue weighted by Crippen LogP contribution is -2.42. The van der Waals surface area contributed by atoms with Crippen LogP contribution in [0.3, 0.4) is 0 Å². The van der Waals surface area contributed by atoms with Crippen molar-refractivity contribution in [3.8, 4) is 11.5 Å². The van der Waals surface area contributed by atoms with Crippen LogP contribution in [0, 0.1) is 0 Å². The summed E-state index contributed by atoms with van der Waals surface area (Å²) in [6.07, 6.45) is 0.753. The largest absolute Gasteiger partial charge is 0.497 e. The number of nitrogens with zero attached hydrogens (tertiary/aromatic N) is 1. The third-order valence-corrected chi connectivity index (χ3v) is 6.44. The Bertz CT molecular complexity index is 1030. The molecule has 0 bridgehead atoms. The minimum atomic E-state index is -0.227. The van der Waals surface area contributed by atoms with E-state index >= 15 is 0 Å². The molecule has 4 rings (SSSR count). The molecule has 3 aromatic rings. The summed E-state index contributed by atoms with van der Waals surface area (Å²) in [5.41, 5.74) is 2.48. The molecule has 0 radical (unpaired) electrons. The Morgan fingerprint density at radius 1 is 1.07 bits per heavy atom. The number of thiophene rings is 1. The molecule has 0 saturated carbocycles. The Kier molecular flexibility index (Phi) is 5.45. The highest BCUT2D eigenvalue weighted by molar-refractivity contribution is 7.12. The first-order chi connectivity index (χ1) is 14.1. The number of hydrogen-bond acceptors (Lipinski definition) is 5. The van der Waals surface area contributed by atoms with E-state index in [2.05, 4.69) is 24.4 Å². The van der Waals surface area contributed by atoms with Crippen molar-refractivity contribution in [2.24, 2.45) is 0 Å². The molecule has 5 nitrogen and oxygen atoms in total. The van der Waals surface area contributed by atoms with Crippen LogP contribution >= 0.6 is 11.3 Å². The summed E-state index contributed by atoms with van der Waals surface area (Å²) in [6.45, 7) is 2.57. The van der Waals surface area contributed by atoms with Crippen molar-refractivity contribution in [1.29, 1.82) is 0 Å². The highest BCUT2D eigenvalue weighted by Crippen LogP contribution is 2.38. The number of ether oxygens (including phenoxy) is 2. The molecular formula is C23H24N2O3S. The fourth-order valence-electron chi connectivity index (χ4n) is 3.58. The highest BCUT2D eigenvalue weighted by Gasteiger charge is 2.34. The molecule has 0 saturated heterocycles. The first-order valence-electron chi connectivity index (χ1n) is 9.60. The number of carbonyl (C=O) groups is 1. The number of amides is 1. The second-order valence-electron chi connectivity index (χ2n) is 6.86. The fourth-order valence-corrected chi connectivity index (χ4v) is 4.59. The predicted octanol–water partition coefficient (Wildman–Crippen LogP) is 5.09. The van der Waals surface area contributed by atoms with Gasteiger partial charge in [0.15, 0.2) is 0 Å². The van der Waals surface area contributed by atoms with Crippen molar-refractivity contribution in [3.05, 3.63) is 75.5 Å². The second kappa shape index (κ2) is 8.17. The van der Waals surface area contributed by atoms with E-state index in [4.69, 9.17) is 9.47 Å². The Balaban J connectivity index is 1.74. The molecule has 2 heterocycles. The summed E-state index contributed by atoms with van der Waals surface area (Å²) in [7, 11) is 3.26. The lowest BCUT2D eigenvalue weighted by molar-refractivity contribution is 0.0668. The van der Waals surface area contributed by atoms with Gasteiger partial charge in [0.2, 0.25) is 0 Å². The monoisotopic (exact) mass is 408 g/mol. The fraction of sp³-hybridized carbons (Fsp3) is 0.261. The number of carbonyl (C=O) groups excluding carboxylic acids is 1. The number of hydrogen-bond donors (Lipinski definition) is 1. The van der Waals surface area contributed by atoms with Gasteiger partial charge in [-0.15, -0.1) is 11.3 Å². The lowest BCUT2D eigenvalue weighted by Gasteiger charge is -2.37. The topological polar surface area (TPSA) is 50.8 Å². The minimum Gasteiger partial charge on any atom is -0.497 e. The highest BCUT2D eigenvalue weighted by atomic mass is 32.1. The number of nitrogens with one attached hydrogen (secondary N) is 1. The number of rotatable bonds is 6. The van der Waals surface area contributed by atoms with E-state index in [1.54, 1.807) is 25.6 Å². The summed E-state index contributed by atoms with van der Waals surface area (Å²) in [5.74, 6) is 1.44. The number of anilines is 1. The molecule has 1 atom stereocenters. The van der Waals surface area contributed by atoms with Gasteiger partial charge in [-0.1, -0.05) is 19.1 Å². The first kappa shape index (κ1) is 19.3. The van der Waals surface area contributed by atoms with Crippen molar-refractivity contribution in [2.45, 2.75) is 26.1 Å². The molecule has 1 unspecified atom stereocenters. The van der Waals surface area contributed by atoms with Gasteiger partial charge in [0.05, 0.1) is 26.3 Å². The molecule has 6 heteroatoms. The van der Waals surface area contributed by atoms with E-state index in [0.29, 0.717) is 17.9 Å². The van der Waals surface area contributed by atoms with Crippen LogP contribution in [0.25, 0.3) is 0 Å². The van der Waals surface area contributed by atoms with Crippen LogP contribution in [0.5, 0.6) is 11.5 Å². The third kappa shape index (κ3) is 3.68. The van der Waals surface area contributed by atoms with Crippen LogP contribution in [-0.2, 0) is 13.0 Å². The van der Waals surface area contributed by atoms with Gasteiger partial charge in [0.1, 0.15) is 17.7 Å². The van der Waals surface area contributed by atoms with Gasteiger partial charge in [-0.3, -0.25) is 4.79 Å². The van der Waals surface area contributed by atoms with E-state index in [-0.39, 0.29) is 12.1 Å². The number of aryl methyl sites for hydroxylation is 1. The smallest absolute Gasteiger partial charge is 0.258 e. The minimum absolute atomic E-state index is 0.00803. The van der Waals surface area contributed by atoms with Crippen molar-refractivity contribution < 1.29 is 14.3 Å². The second-order valence-corrected chi connectivity index (χ2v) is 8.06. The molecule has 0 aliphatic carbocycles. The molecule has 1 N–H and O–H groups in total. The molecular weight excluding hydrogens is 384 g/mol. The van der Waals surface area contributed by atoms with Crippen molar-refractivity contribution in [3.63, 3.8) is 0 Å². The summed E-state index contributed by atoms with van der Waals surface area (Å²) < 4.78 is 10.9.